The van der Waals surface area contributed by atoms with E-state index in [0.29, 0.717) is 11.3 Å². The lowest BCUT2D eigenvalue weighted by Crippen LogP contribution is -2.53. The van der Waals surface area contributed by atoms with Crippen LogP contribution < -0.4 is 5.32 Å². The van der Waals surface area contributed by atoms with Gasteiger partial charge in [-0.05, 0) is 46.2 Å². The van der Waals surface area contributed by atoms with Gasteiger partial charge >= 0.3 is 0 Å². The average molecular weight is 334 g/mol. The van der Waals surface area contributed by atoms with Gasteiger partial charge in [0.2, 0.25) is 5.91 Å². The van der Waals surface area contributed by atoms with Crippen molar-refractivity contribution in [2.75, 3.05) is 5.75 Å². The fraction of sp³-hybridized carbons (Fsp3) is 0.556. The third-order valence-electron chi connectivity index (χ3n) is 3.78. The van der Waals surface area contributed by atoms with Crippen LogP contribution in [0.2, 0.25) is 0 Å². The molecule has 1 aliphatic heterocycles. The molecule has 126 valence electrons. The summed E-state index contributed by atoms with van der Waals surface area (Å²) in [6.45, 7) is 9.91. The van der Waals surface area contributed by atoms with Crippen LogP contribution in [-0.4, -0.2) is 39.4 Å². The minimum Gasteiger partial charge on any atom is -0.350 e. The predicted octanol–water partition coefficient (Wildman–Crippen LogP) is 3.20. The second-order valence-corrected chi connectivity index (χ2v) is 8.24. The molecule has 2 atom stereocenters. The Kier molecular flexibility index (Phi) is 5.40. The molecule has 1 saturated heterocycles. The van der Waals surface area contributed by atoms with Crippen LogP contribution in [-0.2, 0) is 4.79 Å². The smallest absolute Gasteiger partial charge is 0.255 e. The summed E-state index contributed by atoms with van der Waals surface area (Å²) < 4.78 is 0. The molecule has 1 heterocycles. The molecule has 2 unspecified atom stereocenters. The third-order valence-corrected chi connectivity index (χ3v) is 5.23. The van der Waals surface area contributed by atoms with Crippen molar-refractivity contribution in [2.45, 2.75) is 58.0 Å². The van der Waals surface area contributed by atoms with Gasteiger partial charge in [0.05, 0.1) is 5.37 Å². The van der Waals surface area contributed by atoms with Gasteiger partial charge in [0.25, 0.3) is 5.91 Å². The van der Waals surface area contributed by atoms with Gasteiger partial charge in [0, 0.05) is 16.9 Å². The molecule has 2 rings (SSSR count). The Morgan fingerprint density at radius 1 is 1.26 bits per heavy atom. The Morgan fingerprint density at radius 3 is 2.39 bits per heavy atom. The fourth-order valence-electron chi connectivity index (χ4n) is 2.65. The molecule has 0 bridgehead atoms. The van der Waals surface area contributed by atoms with E-state index in [4.69, 9.17) is 0 Å². The van der Waals surface area contributed by atoms with E-state index in [0.717, 1.165) is 12.0 Å². The standard InChI is InChI=1S/C18H26N2O2S/c1-6-15-20(17(22)13-9-7-12(2)8-10-13)14(11-23-15)16(21)19-18(3,4)5/h7-10,14-15H,6,11H2,1-5H3,(H,19,21). The van der Waals surface area contributed by atoms with Gasteiger partial charge in [0.15, 0.2) is 0 Å². The summed E-state index contributed by atoms with van der Waals surface area (Å²) in [4.78, 5) is 27.3. The molecule has 0 aromatic heterocycles. The van der Waals surface area contributed by atoms with Crippen LogP contribution in [0.1, 0.15) is 50.0 Å². The van der Waals surface area contributed by atoms with Crippen molar-refractivity contribution in [1.29, 1.82) is 0 Å². The quantitative estimate of drug-likeness (QED) is 0.923. The first kappa shape index (κ1) is 17.9. The summed E-state index contributed by atoms with van der Waals surface area (Å²) in [5.41, 5.74) is 1.46. The van der Waals surface area contributed by atoms with Gasteiger partial charge in [-0.1, -0.05) is 24.6 Å². The van der Waals surface area contributed by atoms with E-state index in [-0.39, 0.29) is 22.7 Å². The molecule has 1 fully saturated rings. The Balaban J connectivity index is 2.24. The highest BCUT2D eigenvalue weighted by Gasteiger charge is 2.41. The normalized spacial score (nSPS) is 21.3. The zero-order valence-corrected chi connectivity index (χ0v) is 15.4. The maximum atomic E-state index is 12.9. The molecule has 0 saturated carbocycles. The molecule has 1 aromatic rings. The highest BCUT2D eigenvalue weighted by atomic mass is 32.2. The van der Waals surface area contributed by atoms with Crippen molar-refractivity contribution in [3.05, 3.63) is 35.4 Å². The fourth-order valence-corrected chi connectivity index (χ4v) is 4.01. The van der Waals surface area contributed by atoms with Crippen molar-refractivity contribution >= 4 is 23.6 Å². The molecule has 5 heteroatoms. The first-order chi connectivity index (χ1) is 10.7. The maximum absolute atomic E-state index is 12.9. The number of benzene rings is 1. The second-order valence-electron chi connectivity index (χ2n) is 7.03. The van der Waals surface area contributed by atoms with E-state index in [9.17, 15) is 9.59 Å². The number of hydrogen-bond acceptors (Lipinski definition) is 3. The third kappa shape index (κ3) is 4.28. The monoisotopic (exact) mass is 334 g/mol. The first-order valence-corrected chi connectivity index (χ1v) is 9.11. The lowest BCUT2D eigenvalue weighted by Gasteiger charge is -2.30. The first-order valence-electron chi connectivity index (χ1n) is 8.06. The number of rotatable bonds is 3. The van der Waals surface area contributed by atoms with Crippen molar-refractivity contribution in [2.24, 2.45) is 0 Å². The minimum absolute atomic E-state index is 0.0551. The van der Waals surface area contributed by atoms with E-state index < -0.39 is 6.04 Å². The molecule has 0 radical (unpaired) electrons. The number of thioether (sulfide) groups is 1. The van der Waals surface area contributed by atoms with Crippen LogP contribution in [0.3, 0.4) is 0 Å². The van der Waals surface area contributed by atoms with E-state index >= 15 is 0 Å². The molecule has 1 N–H and O–H groups in total. The number of nitrogens with zero attached hydrogens (tertiary/aromatic N) is 1. The Morgan fingerprint density at radius 2 is 1.87 bits per heavy atom. The lowest BCUT2D eigenvalue weighted by atomic mass is 10.1. The molecule has 23 heavy (non-hydrogen) atoms. The van der Waals surface area contributed by atoms with Crippen LogP contribution >= 0.6 is 11.8 Å². The van der Waals surface area contributed by atoms with Crippen LogP contribution in [0, 0.1) is 6.92 Å². The second kappa shape index (κ2) is 6.95. The van der Waals surface area contributed by atoms with Gasteiger partial charge in [-0.15, -0.1) is 11.8 Å². The van der Waals surface area contributed by atoms with E-state index in [2.05, 4.69) is 12.2 Å². The molecule has 0 aliphatic carbocycles. The van der Waals surface area contributed by atoms with Crippen LogP contribution in [0.4, 0.5) is 0 Å². The van der Waals surface area contributed by atoms with Crippen molar-refractivity contribution in [3.63, 3.8) is 0 Å². The number of hydrogen-bond donors (Lipinski definition) is 1. The predicted molar refractivity (Wildman–Crippen MR) is 95.6 cm³/mol. The molecule has 0 spiro atoms. The number of aryl methyl sites for hydroxylation is 1. The molecule has 1 aliphatic rings. The summed E-state index contributed by atoms with van der Waals surface area (Å²) in [6.07, 6.45) is 0.835. The van der Waals surface area contributed by atoms with Crippen LogP contribution in [0.25, 0.3) is 0 Å². The van der Waals surface area contributed by atoms with Gasteiger partial charge in [0.1, 0.15) is 6.04 Å². The van der Waals surface area contributed by atoms with E-state index in [1.807, 2.05) is 52.0 Å². The summed E-state index contributed by atoms with van der Waals surface area (Å²) in [7, 11) is 0. The van der Waals surface area contributed by atoms with Crippen LogP contribution in [0.15, 0.2) is 24.3 Å². The Hall–Kier alpha value is -1.49. The largest absolute Gasteiger partial charge is 0.350 e. The van der Waals surface area contributed by atoms with Crippen molar-refractivity contribution < 1.29 is 9.59 Å². The van der Waals surface area contributed by atoms with Gasteiger partial charge in [-0.2, -0.15) is 0 Å². The topological polar surface area (TPSA) is 49.4 Å². The number of amides is 2. The summed E-state index contributed by atoms with van der Waals surface area (Å²) in [5.74, 6) is 0.523. The molecular weight excluding hydrogens is 308 g/mol. The summed E-state index contributed by atoms with van der Waals surface area (Å²) in [5, 5.41) is 3.06. The summed E-state index contributed by atoms with van der Waals surface area (Å²) >= 11 is 1.68. The lowest BCUT2D eigenvalue weighted by molar-refractivity contribution is -0.126. The highest BCUT2D eigenvalue weighted by Crippen LogP contribution is 2.33. The maximum Gasteiger partial charge on any atom is 0.255 e. The Labute approximate surface area is 143 Å². The molecule has 1 aromatic carbocycles. The summed E-state index contributed by atoms with van der Waals surface area (Å²) in [6, 6.07) is 7.14. The molecular formula is C18H26N2O2S. The van der Waals surface area contributed by atoms with E-state index in [1.54, 1.807) is 16.7 Å². The van der Waals surface area contributed by atoms with Crippen LogP contribution in [0.5, 0.6) is 0 Å². The highest BCUT2D eigenvalue weighted by molar-refractivity contribution is 8.00. The Bertz CT molecular complexity index is 578. The number of nitrogens with one attached hydrogen (secondary N) is 1. The number of carbonyl (C=O) groups is 2. The number of carbonyl (C=O) groups excluding carboxylic acids is 2. The van der Waals surface area contributed by atoms with Crippen molar-refractivity contribution in [1.82, 2.24) is 10.2 Å². The van der Waals surface area contributed by atoms with Gasteiger partial charge in [-0.25, -0.2) is 0 Å². The minimum atomic E-state index is -0.405. The van der Waals surface area contributed by atoms with E-state index in [1.165, 1.54) is 0 Å². The molecule has 4 nitrogen and oxygen atoms in total. The van der Waals surface area contributed by atoms with Gasteiger partial charge in [-0.3, -0.25) is 9.59 Å². The zero-order valence-electron chi connectivity index (χ0n) is 14.6. The van der Waals surface area contributed by atoms with Gasteiger partial charge < -0.3 is 10.2 Å². The average Bonchev–Trinajstić information content (AvgIpc) is 2.89. The SMILES string of the molecule is CCC1SCC(C(=O)NC(C)(C)C)N1C(=O)c1ccc(C)cc1. The zero-order chi connectivity index (χ0) is 17.2. The van der Waals surface area contributed by atoms with Crippen molar-refractivity contribution in [3.8, 4) is 0 Å². The molecule has 2 amide bonds.